The van der Waals surface area contributed by atoms with E-state index in [0.29, 0.717) is 17.9 Å². The number of hydrogen-bond acceptors (Lipinski definition) is 4. The van der Waals surface area contributed by atoms with E-state index in [4.69, 9.17) is 0 Å². The Morgan fingerprint density at radius 1 is 1.38 bits per heavy atom. The highest BCUT2D eigenvalue weighted by Gasteiger charge is 2.34. The average molecular weight is 312 g/mol. The van der Waals surface area contributed by atoms with Gasteiger partial charge in [0, 0.05) is 23.3 Å². The van der Waals surface area contributed by atoms with Crippen LogP contribution in [0, 0.1) is 6.92 Å². The fourth-order valence-electron chi connectivity index (χ4n) is 1.95. The molecule has 3 rings (SSSR count). The zero-order valence-corrected chi connectivity index (χ0v) is 11.8. The van der Waals surface area contributed by atoms with Crippen LogP contribution in [-0.2, 0) is 12.7 Å². The molecule has 0 aliphatic carbocycles. The zero-order valence-electron chi connectivity index (χ0n) is 11.0. The largest absolute Gasteiger partial charge is 0.435 e. The van der Waals surface area contributed by atoms with E-state index in [2.05, 4.69) is 15.4 Å². The first-order valence-electron chi connectivity index (χ1n) is 6.13. The summed E-state index contributed by atoms with van der Waals surface area (Å²) >= 11 is 1.59. The summed E-state index contributed by atoms with van der Waals surface area (Å²) in [5, 5.41) is 8.56. The Morgan fingerprint density at radius 3 is 2.86 bits per heavy atom. The van der Waals surface area contributed by atoms with Crippen LogP contribution in [0.2, 0.25) is 0 Å². The van der Waals surface area contributed by atoms with Gasteiger partial charge in [-0.3, -0.25) is 0 Å². The second-order valence-electron chi connectivity index (χ2n) is 4.51. The topological polar surface area (TPSA) is 42.2 Å². The van der Waals surface area contributed by atoms with Crippen molar-refractivity contribution in [2.75, 3.05) is 5.32 Å². The number of anilines is 1. The van der Waals surface area contributed by atoms with Crippen molar-refractivity contribution in [1.82, 2.24) is 14.6 Å². The molecule has 8 heteroatoms. The van der Waals surface area contributed by atoms with E-state index in [9.17, 15) is 13.2 Å². The zero-order chi connectivity index (χ0) is 15.0. The molecular weight excluding hydrogens is 301 g/mol. The molecule has 0 unspecified atom stereocenters. The molecule has 0 aliphatic heterocycles. The molecule has 0 spiro atoms. The van der Waals surface area contributed by atoms with E-state index in [0.717, 1.165) is 16.5 Å². The molecule has 0 saturated carbocycles. The van der Waals surface area contributed by atoms with Crippen LogP contribution in [-0.4, -0.2) is 14.6 Å². The van der Waals surface area contributed by atoms with Crippen LogP contribution >= 0.6 is 11.3 Å². The molecule has 0 bridgehead atoms. The number of thiophene rings is 1. The number of hydrogen-bond donors (Lipinski definition) is 1. The highest BCUT2D eigenvalue weighted by molar-refractivity contribution is 7.10. The third-order valence-corrected chi connectivity index (χ3v) is 4.09. The van der Waals surface area contributed by atoms with Crippen molar-refractivity contribution >= 4 is 22.7 Å². The van der Waals surface area contributed by atoms with Gasteiger partial charge in [0.1, 0.15) is 5.52 Å². The quantitative estimate of drug-likeness (QED) is 0.801. The van der Waals surface area contributed by atoms with E-state index in [-0.39, 0.29) is 0 Å². The van der Waals surface area contributed by atoms with Crippen LogP contribution in [0.15, 0.2) is 29.9 Å². The first-order chi connectivity index (χ1) is 9.95. The molecule has 0 saturated heterocycles. The second-order valence-corrected chi connectivity index (χ2v) is 5.51. The summed E-state index contributed by atoms with van der Waals surface area (Å²) in [6.45, 7) is 2.50. The van der Waals surface area contributed by atoms with Crippen molar-refractivity contribution in [3.63, 3.8) is 0 Å². The molecular formula is C13H11F3N4S. The lowest BCUT2D eigenvalue weighted by Crippen LogP contribution is -2.05. The van der Waals surface area contributed by atoms with Crippen molar-refractivity contribution in [3.8, 4) is 0 Å². The van der Waals surface area contributed by atoms with Crippen LogP contribution in [0.25, 0.3) is 5.52 Å². The molecule has 21 heavy (non-hydrogen) atoms. The van der Waals surface area contributed by atoms with Gasteiger partial charge in [-0.2, -0.15) is 18.3 Å². The Hall–Kier alpha value is -2.09. The Kier molecular flexibility index (Phi) is 3.32. The summed E-state index contributed by atoms with van der Waals surface area (Å²) in [4.78, 5) is 5.22. The van der Waals surface area contributed by atoms with E-state index in [1.165, 1.54) is 16.9 Å². The second kappa shape index (κ2) is 5.03. The lowest BCUT2D eigenvalue weighted by atomic mass is 10.3. The number of nitrogens with zero attached hydrogens (tertiary/aromatic N) is 3. The summed E-state index contributed by atoms with van der Waals surface area (Å²) in [5.74, 6) is 0.383. The first kappa shape index (κ1) is 13.9. The van der Waals surface area contributed by atoms with Gasteiger partial charge < -0.3 is 5.32 Å². The van der Waals surface area contributed by atoms with Gasteiger partial charge in [-0.15, -0.1) is 11.3 Å². The van der Waals surface area contributed by atoms with Gasteiger partial charge in [-0.05, 0) is 23.9 Å². The summed E-state index contributed by atoms with van der Waals surface area (Å²) in [6, 6.07) is 2.99. The van der Waals surface area contributed by atoms with Crippen LogP contribution in [0.3, 0.4) is 0 Å². The minimum absolute atomic E-state index is 0.305. The van der Waals surface area contributed by atoms with Gasteiger partial charge >= 0.3 is 6.18 Å². The lowest BCUT2D eigenvalue weighted by Gasteiger charge is -2.06. The molecule has 0 aromatic carbocycles. The molecule has 1 N–H and O–H groups in total. The average Bonchev–Trinajstić information content (AvgIpc) is 3.02. The maximum Gasteiger partial charge on any atom is 0.435 e. The molecule has 4 nitrogen and oxygen atoms in total. The minimum Gasteiger partial charge on any atom is -0.363 e. The molecule has 0 radical (unpaired) electrons. The monoisotopic (exact) mass is 312 g/mol. The molecule has 0 atom stereocenters. The van der Waals surface area contributed by atoms with Crippen LogP contribution in [0.1, 0.15) is 16.1 Å². The van der Waals surface area contributed by atoms with Crippen LogP contribution in [0.5, 0.6) is 0 Å². The maximum absolute atomic E-state index is 12.7. The molecule has 110 valence electrons. The van der Waals surface area contributed by atoms with Gasteiger partial charge in [0.15, 0.2) is 11.5 Å². The molecule has 0 amide bonds. The van der Waals surface area contributed by atoms with Crippen LogP contribution in [0.4, 0.5) is 19.0 Å². The van der Waals surface area contributed by atoms with E-state index >= 15 is 0 Å². The predicted molar refractivity (Wildman–Crippen MR) is 74.4 cm³/mol. The Labute approximate surface area is 122 Å². The fourth-order valence-corrected chi connectivity index (χ4v) is 2.79. The summed E-state index contributed by atoms with van der Waals surface area (Å²) < 4.78 is 39.3. The van der Waals surface area contributed by atoms with E-state index in [1.54, 1.807) is 11.3 Å². The standard InChI is InChI=1S/C13H11F3N4S/c1-8-2-5-21-10(8)7-18-12-9-6-11(13(14,15)16)19-20(9)4-3-17-12/h2-6H,7H2,1H3,(H,17,18). The van der Waals surface area contributed by atoms with Gasteiger partial charge in [-0.25, -0.2) is 9.50 Å². The molecule has 0 aliphatic rings. The predicted octanol–water partition coefficient (Wildman–Crippen LogP) is 3.73. The number of rotatable bonds is 3. The fraction of sp³-hybridized carbons (Fsp3) is 0.231. The van der Waals surface area contributed by atoms with Gasteiger partial charge in [0.2, 0.25) is 0 Å². The SMILES string of the molecule is Cc1ccsc1CNc1nccn2nc(C(F)(F)F)cc12. The van der Waals surface area contributed by atoms with Crippen molar-refractivity contribution < 1.29 is 13.2 Å². The van der Waals surface area contributed by atoms with Crippen molar-refractivity contribution in [2.24, 2.45) is 0 Å². The Bertz CT molecular complexity index is 775. The number of halogens is 3. The highest BCUT2D eigenvalue weighted by atomic mass is 32.1. The Balaban J connectivity index is 1.92. The molecule has 3 aromatic rings. The Morgan fingerprint density at radius 2 is 2.19 bits per heavy atom. The summed E-state index contributed by atoms with van der Waals surface area (Å²) in [6.07, 6.45) is -1.65. The smallest absolute Gasteiger partial charge is 0.363 e. The van der Waals surface area contributed by atoms with Crippen molar-refractivity contribution in [2.45, 2.75) is 19.6 Å². The third kappa shape index (κ3) is 2.71. The molecule has 3 heterocycles. The van der Waals surface area contributed by atoms with Crippen molar-refractivity contribution in [1.29, 1.82) is 0 Å². The van der Waals surface area contributed by atoms with Crippen molar-refractivity contribution in [3.05, 3.63) is 46.0 Å². The number of nitrogens with one attached hydrogen (secondary N) is 1. The van der Waals surface area contributed by atoms with Crippen LogP contribution < -0.4 is 5.32 Å². The highest BCUT2D eigenvalue weighted by Crippen LogP contribution is 2.30. The lowest BCUT2D eigenvalue weighted by molar-refractivity contribution is -0.141. The van der Waals surface area contributed by atoms with Gasteiger partial charge in [0.05, 0.1) is 6.54 Å². The third-order valence-electron chi connectivity index (χ3n) is 3.06. The number of aromatic nitrogens is 3. The minimum atomic E-state index is -4.46. The van der Waals surface area contributed by atoms with Gasteiger partial charge in [0.25, 0.3) is 0 Å². The summed E-state index contributed by atoms with van der Waals surface area (Å²) in [5.41, 5.74) is 0.522. The summed E-state index contributed by atoms with van der Waals surface area (Å²) in [7, 11) is 0. The molecule has 3 aromatic heterocycles. The number of fused-ring (bicyclic) bond motifs is 1. The maximum atomic E-state index is 12.7. The number of aryl methyl sites for hydroxylation is 1. The number of alkyl halides is 3. The first-order valence-corrected chi connectivity index (χ1v) is 7.01. The molecule has 0 fully saturated rings. The van der Waals surface area contributed by atoms with E-state index < -0.39 is 11.9 Å². The van der Waals surface area contributed by atoms with Gasteiger partial charge in [-0.1, -0.05) is 0 Å². The normalized spacial score (nSPS) is 12.0. The van der Waals surface area contributed by atoms with E-state index in [1.807, 2.05) is 18.4 Å².